The molecule has 0 unspecified atom stereocenters. The molecule has 134 valence electrons. The number of hydrogen-bond donors (Lipinski definition) is 2. The number of hydrogen-bond acceptors (Lipinski definition) is 7. The number of aliphatic carboxylic acids is 1. The van der Waals surface area contributed by atoms with Gasteiger partial charge in [0.05, 0.1) is 10.7 Å². The van der Waals surface area contributed by atoms with Crippen LogP contribution < -0.4 is 4.74 Å². The number of rotatable bonds is 7. The zero-order chi connectivity index (χ0) is 18.6. The SMILES string of the molecule is O=C(O)COc1cccc(/C=C2\SC(=S)N(CCS(=O)(=O)O)C2=O)c1. The number of carboxylic acid groups (broad SMARTS) is 1. The monoisotopic (exact) mass is 403 g/mol. The molecule has 0 bridgehead atoms. The smallest absolute Gasteiger partial charge is 0.341 e. The van der Waals surface area contributed by atoms with E-state index in [2.05, 4.69) is 0 Å². The maximum Gasteiger partial charge on any atom is 0.341 e. The van der Waals surface area contributed by atoms with E-state index in [-0.39, 0.29) is 15.8 Å². The van der Waals surface area contributed by atoms with Gasteiger partial charge in [0.15, 0.2) is 6.61 Å². The number of benzene rings is 1. The van der Waals surface area contributed by atoms with Crippen molar-refractivity contribution in [2.45, 2.75) is 0 Å². The average molecular weight is 403 g/mol. The summed E-state index contributed by atoms with van der Waals surface area (Å²) in [4.78, 5) is 24.2. The second-order valence-corrected chi connectivity index (χ2v) is 8.12. The highest BCUT2D eigenvalue weighted by Crippen LogP contribution is 2.32. The molecule has 1 fully saturated rings. The molecule has 2 rings (SSSR count). The van der Waals surface area contributed by atoms with Crippen LogP contribution in [0.5, 0.6) is 5.75 Å². The van der Waals surface area contributed by atoms with Crippen LogP contribution in [-0.4, -0.2) is 58.1 Å². The lowest BCUT2D eigenvalue weighted by molar-refractivity contribution is -0.139. The summed E-state index contributed by atoms with van der Waals surface area (Å²) in [5.74, 6) is -1.84. The molecule has 1 amide bonds. The van der Waals surface area contributed by atoms with Crippen LogP contribution in [-0.2, 0) is 19.7 Å². The summed E-state index contributed by atoms with van der Waals surface area (Å²) in [6, 6.07) is 6.48. The van der Waals surface area contributed by atoms with E-state index in [1.807, 2.05) is 0 Å². The standard InChI is InChI=1S/C14H13NO7S3/c16-12(17)8-22-10-3-1-2-9(6-10)7-11-13(18)15(14(23)24-11)4-5-25(19,20)21/h1-3,6-7H,4-5,8H2,(H,16,17)(H,19,20,21)/b11-7-. The lowest BCUT2D eigenvalue weighted by Gasteiger charge is -2.12. The minimum absolute atomic E-state index is 0.193. The first-order chi connectivity index (χ1) is 11.7. The summed E-state index contributed by atoms with van der Waals surface area (Å²) in [6.07, 6.45) is 1.54. The molecule has 0 aliphatic carbocycles. The van der Waals surface area contributed by atoms with Crippen LogP contribution in [0.3, 0.4) is 0 Å². The normalized spacial score (nSPS) is 16.5. The Morgan fingerprint density at radius 1 is 1.40 bits per heavy atom. The van der Waals surface area contributed by atoms with Crippen LogP contribution in [0.15, 0.2) is 29.2 Å². The van der Waals surface area contributed by atoms with Gasteiger partial charge in [0.1, 0.15) is 10.1 Å². The van der Waals surface area contributed by atoms with Gasteiger partial charge in [0.2, 0.25) is 0 Å². The van der Waals surface area contributed by atoms with Crippen LogP contribution in [0, 0.1) is 0 Å². The van der Waals surface area contributed by atoms with Gasteiger partial charge in [-0.25, -0.2) is 4.79 Å². The topological polar surface area (TPSA) is 121 Å². The molecule has 25 heavy (non-hydrogen) atoms. The quantitative estimate of drug-likeness (QED) is 0.393. The van der Waals surface area contributed by atoms with Crippen molar-refractivity contribution in [3.05, 3.63) is 34.7 Å². The van der Waals surface area contributed by atoms with Crippen molar-refractivity contribution >= 4 is 56.4 Å². The van der Waals surface area contributed by atoms with Crippen molar-refractivity contribution in [3.63, 3.8) is 0 Å². The number of thioether (sulfide) groups is 1. The molecule has 0 saturated carbocycles. The maximum atomic E-state index is 12.3. The number of carboxylic acids is 1. The van der Waals surface area contributed by atoms with Crippen molar-refractivity contribution in [3.8, 4) is 5.75 Å². The summed E-state index contributed by atoms with van der Waals surface area (Å²) >= 11 is 6.06. The fourth-order valence-electron chi connectivity index (χ4n) is 1.89. The van der Waals surface area contributed by atoms with Gasteiger partial charge >= 0.3 is 5.97 Å². The Hall–Kier alpha value is -1.95. The first-order valence-electron chi connectivity index (χ1n) is 6.81. The van der Waals surface area contributed by atoms with Gasteiger partial charge in [0.25, 0.3) is 16.0 Å². The fraction of sp³-hybridized carbons (Fsp3) is 0.214. The summed E-state index contributed by atoms with van der Waals surface area (Å²) in [5, 5.41) is 8.61. The molecule has 0 radical (unpaired) electrons. The van der Waals surface area contributed by atoms with Gasteiger partial charge < -0.3 is 9.84 Å². The largest absolute Gasteiger partial charge is 0.482 e. The Bertz CT molecular complexity index is 848. The Kier molecular flexibility index (Phi) is 6.16. The van der Waals surface area contributed by atoms with E-state index in [1.165, 1.54) is 0 Å². The highest BCUT2D eigenvalue weighted by Gasteiger charge is 2.32. The van der Waals surface area contributed by atoms with Gasteiger partial charge in [-0.05, 0) is 23.8 Å². The maximum absolute atomic E-state index is 12.3. The Balaban J connectivity index is 2.13. The van der Waals surface area contributed by atoms with Gasteiger partial charge in [-0.15, -0.1) is 0 Å². The van der Waals surface area contributed by atoms with E-state index in [1.54, 1.807) is 30.3 Å². The minimum atomic E-state index is -4.20. The van der Waals surface area contributed by atoms with Crippen molar-refractivity contribution in [1.29, 1.82) is 0 Å². The number of ether oxygens (including phenoxy) is 1. The van der Waals surface area contributed by atoms with E-state index in [0.717, 1.165) is 16.7 Å². The van der Waals surface area contributed by atoms with Gasteiger partial charge in [-0.3, -0.25) is 14.2 Å². The molecule has 1 aromatic carbocycles. The highest BCUT2D eigenvalue weighted by molar-refractivity contribution is 8.26. The van der Waals surface area contributed by atoms with Crippen LogP contribution in [0.2, 0.25) is 0 Å². The van der Waals surface area contributed by atoms with E-state index in [0.29, 0.717) is 11.3 Å². The zero-order valence-corrected chi connectivity index (χ0v) is 15.1. The summed E-state index contributed by atoms with van der Waals surface area (Å²) in [7, 11) is -4.20. The van der Waals surface area contributed by atoms with Gasteiger partial charge in [-0.1, -0.05) is 36.1 Å². The molecule has 1 aliphatic heterocycles. The molecule has 0 atom stereocenters. The molecule has 8 nitrogen and oxygen atoms in total. The lowest BCUT2D eigenvalue weighted by Crippen LogP contribution is -2.32. The number of amides is 1. The highest BCUT2D eigenvalue weighted by atomic mass is 32.2. The number of thiocarbonyl (C=S) groups is 1. The first kappa shape index (κ1) is 19.4. The predicted octanol–water partition coefficient (Wildman–Crippen LogP) is 1.24. The Labute approximate surface area is 153 Å². The molecule has 1 saturated heterocycles. The lowest BCUT2D eigenvalue weighted by atomic mass is 10.2. The van der Waals surface area contributed by atoms with E-state index in [9.17, 15) is 18.0 Å². The summed E-state index contributed by atoms with van der Waals surface area (Å²) in [6.45, 7) is -0.718. The van der Waals surface area contributed by atoms with E-state index in [4.69, 9.17) is 26.6 Å². The predicted molar refractivity (Wildman–Crippen MR) is 95.9 cm³/mol. The molecule has 0 spiro atoms. The van der Waals surface area contributed by atoms with Crippen molar-refractivity contribution < 1.29 is 32.4 Å². The average Bonchev–Trinajstić information content (AvgIpc) is 2.77. The molecule has 0 aromatic heterocycles. The van der Waals surface area contributed by atoms with Crippen molar-refractivity contribution in [2.24, 2.45) is 0 Å². The number of carbonyl (C=O) groups is 2. The van der Waals surface area contributed by atoms with Crippen LogP contribution >= 0.6 is 24.0 Å². The molecular formula is C14H13NO7S3. The summed E-state index contributed by atoms with van der Waals surface area (Å²) < 4.78 is 35.7. The molecule has 1 heterocycles. The van der Waals surface area contributed by atoms with Crippen molar-refractivity contribution in [2.75, 3.05) is 18.9 Å². The van der Waals surface area contributed by atoms with Crippen LogP contribution in [0.4, 0.5) is 0 Å². The molecule has 2 N–H and O–H groups in total. The Morgan fingerprint density at radius 3 is 2.76 bits per heavy atom. The third kappa shape index (κ3) is 5.81. The molecule has 1 aromatic rings. The minimum Gasteiger partial charge on any atom is -0.482 e. The first-order valence-corrected chi connectivity index (χ1v) is 9.64. The van der Waals surface area contributed by atoms with Gasteiger partial charge in [-0.2, -0.15) is 8.42 Å². The third-order valence-corrected chi connectivity index (χ3v) is 5.04. The zero-order valence-electron chi connectivity index (χ0n) is 12.6. The number of nitrogens with zero attached hydrogens (tertiary/aromatic N) is 1. The second kappa shape index (κ2) is 7.95. The van der Waals surface area contributed by atoms with E-state index >= 15 is 0 Å². The summed E-state index contributed by atoms with van der Waals surface area (Å²) in [5.41, 5.74) is 0.596. The van der Waals surface area contributed by atoms with Crippen molar-refractivity contribution in [1.82, 2.24) is 4.90 Å². The molecule has 11 heteroatoms. The van der Waals surface area contributed by atoms with Crippen LogP contribution in [0.25, 0.3) is 6.08 Å². The second-order valence-electron chi connectivity index (χ2n) is 4.87. The fourth-order valence-corrected chi connectivity index (χ4v) is 3.61. The third-order valence-electron chi connectivity index (χ3n) is 2.96. The van der Waals surface area contributed by atoms with E-state index < -0.39 is 34.4 Å². The molecule has 1 aliphatic rings. The number of carbonyl (C=O) groups excluding carboxylic acids is 1. The Morgan fingerprint density at radius 2 is 2.12 bits per heavy atom. The van der Waals surface area contributed by atoms with Gasteiger partial charge in [0, 0.05) is 6.54 Å². The van der Waals surface area contributed by atoms with Crippen LogP contribution in [0.1, 0.15) is 5.56 Å². The molecular weight excluding hydrogens is 390 g/mol.